The lowest BCUT2D eigenvalue weighted by Gasteiger charge is -2.08. The zero-order valence-corrected chi connectivity index (χ0v) is 9.12. The SMILES string of the molecule is Cc1ncccc1-n1cc(C(=O)O)ccc1=O. The third kappa shape index (κ3) is 2.08. The lowest BCUT2D eigenvalue weighted by atomic mass is 10.2. The molecule has 0 radical (unpaired) electrons. The fraction of sp³-hybridized carbons (Fsp3) is 0.0833. The van der Waals surface area contributed by atoms with Gasteiger partial charge >= 0.3 is 5.97 Å². The number of aryl methyl sites for hydroxylation is 1. The van der Waals surface area contributed by atoms with Gasteiger partial charge in [-0.15, -0.1) is 0 Å². The number of carbonyl (C=O) groups is 1. The molecule has 0 aliphatic heterocycles. The fourth-order valence-electron chi connectivity index (χ4n) is 1.53. The molecule has 0 fully saturated rings. The van der Waals surface area contributed by atoms with Crippen LogP contribution < -0.4 is 5.56 Å². The minimum absolute atomic E-state index is 0.0628. The molecule has 0 amide bonds. The van der Waals surface area contributed by atoms with E-state index in [1.165, 1.54) is 22.9 Å². The minimum atomic E-state index is -1.07. The number of hydrogen-bond acceptors (Lipinski definition) is 3. The predicted molar refractivity (Wildman–Crippen MR) is 61.5 cm³/mol. The maximum Gasteiger partial charge on any atom is 0.337 e. The molecular formula is C12H10N2O3. The summed E-state index contributed by atoms with van der Waals surface area (Å²) in [5, 5.41) is 8.89. The first-order valence-corrected chi connectivity index (χ1v) is 4.97. The predicted octanol–water partition coefficient (Wildman–Crippen LogP) is 1.24. The Morgan fingerprint density at radius 1 is 1.35 bits per heavy atom. The van der Waals surface area contributed by atoms with Crippen LogP contribution in [0.5, 0.6) is 0 Å². The molecule has 0 saturated carbocycles. The molecule has 0 saturated heterocycles. The third-order valence-corrected chi connectivity index (χ3v) is 2.40. The van der Waals surface area contributed by atoms with E-state index >= 15 is 0 Å². The zero-order valence-electron chi connectivity index (χ0n) is 9.12. The maximum atomic E-state index is 11.7. The van der Waals surface area contributed by atoms with Crippen molar-refractivity contribution in [2.75, 3.05) is 0 Å². The Labute approximate surface area is 97.0 Å². The second kappa shape index (κ2) is 4.21. The quantitative estimate of drug-likeness (QED) is 0.842. The summed E-state index contributed by atoms with van der Waals surface area (Å²) in [4.78, 5) is 26.6. The summed E-state index contributed by atoms with van der Waals surface area (Å²) in [6.45, 7) is 1.76. The zero-order chi connectivity index (χ0) is 12.4. The van der Waals surface area contributed by atoms with Crippen molar-refractivity contribution in [3.05, 3.63) is 58.3 Å². The Kier molecular flexibility index (Phi) is 2.74. The molecule has 2 aromatic heterocycles. The van der Waals surface area contributed by atoms with Crippen LogP contribution in [-0.4, -0.2) is 20.6 Å². The van der Waals surface area contributed by atoms with Crippen LogP contribution in [0.3, 0.4) is 0 Å². The van der Waals surface area contributed by atoms with E-state index in [1.54, 1.807) is 25.3 Å². The van der Waals surface area contributed by atoms with Crippen molar-refractivity contribution >= 4 is 5.97 Å². The molecular weight excluding hydrogens is 220 g/mol. The van der Waals surface area contributed by atoms with E-state index in [0.29, 0.717) is 11.4 Å². The van der Waals surface area contributed by atoms with Crippen molar-refractivity contribution < 1.29 is 9.90 Å². The molecule has 0 aliphatic rings. The molecule has 1 N–H and O–H groups in total. The van der Waals surface area contributed by atoms with Gasteiger partial charge in [0.05, 0.1) is 16.9 Å². The molecule has 0 spiro atoms. The number of hydrogen-bond donors (Lipinski definition) is 1. The second-order valence-electron chi connectivity index (χ2n) is 3.54. The average molecular weight is 230 g/mol. The lowest BCUT2D eigenvalue weighted by Crippen LogP contribution is -2.19. The Morgan fingerprint density at radius 2 is 2.12 bits per heavy atom. The molecule has 5 heteroatoms. The number of aromatic carboxylic acids is 1. The van der Waals surface area contributed by atoms with Gasteiger partial charge in [0.25, 0.3) is 5.56 Å². The Morgan fingerprint density at radius 3 is 2.76 bits per heavy atom. The van der Waals surface area contributed by atoms with Crippen LogP contribution in [0.2, 0.25) is 0 Å². The van der Waals surface area contributed by atoms with Crippen molar-refractivity contribution in [1.29, 1.82) is 0 Å². The van der Waals surface area contributed by atoms with E-state index in [2.05, 4.69) is 4.98 Å². The molecule has 2 heterocycles. The molecule has 5 nitrogen and oxygen atoms in total. The Hall–Kier alpha value is -2.43. The summed E-state index contributed by atoms with van der Waals surface area (Å²) in [6, 6.07) is 5.93. The molecule has 2 aromatic rings. The topological polar surface area (TPSA) is 72.2 Å². The third-order valence-electron chi connectivity index (χ3n) is 2.40. The largest absolute Gasteiger partial charge is 0.478 e. The van der Waals surface area contributed by atoms with E-state index < -0.39 is 5.97 Å². The van der Waals surface area contributed by atoms with Gasteiger partial charge in [-0.1, -0.05) is 0 Å². The summed E-state index contributed by atoms with van der Waals surface area (Å²) in [7, 11) is 0. The standard InChI is InChI=1S/C12H10N2O3/c1-8-10(3-2-6-13-8)14-7-9(12(16)17)4-5-11(14)15/h2-7H,1H3,(H,16,17). The highest BCUT2D eigenvalue weighted by Gasteiger charge is 2.08. The van der Waals surface area contributed by atoms with Crippen molar-refractivity contribution in [2.45, 2.75) is 6.92 Å². The van der Waals surface area contributed by atoms with Crippen LogP contribution in [0, 0.1) is 6.92 Å². The van der Waals surface area contributed by atoms with Crippen LogP contribution in [0.4, 0.5) is 0 Å². The van der Waals surface area contributed by atoms with Crippen LogP contribution >= 0.6 is 0 Å². The van der Waals surface area contributed by atoms with E-state index in [-0.39, 0.29) is 11.1 Å². The minimum Gasteiger partial charge on any atom is -0.478 e. The molecule has 0 aromatic carbocycles. The first-order valence-electron chi connectivity index (χ1n) is 4.97. The Balaban J connectivity index is 2.67. The number of aromatic nitrogens is 2. The highest BCUT2D eigenvalue weighted by molar-refractivity contribution is 5.87. The van der Waals surface area contributed by atoms with Crippen molar-refractivity contribution in [3.8, 4) is 5.69 Å². The highest BCUT2D eigenvalue weighted by atomic mass is 16.4. The molecule has 0 aliphatic carbocycles. The summed E-state index contributed by atoms with van der Waals surface area (Å²) in [6.07, 6.45) is 2.92. The first-order chi connectivity index (χ1) is 8.09. The van der Waals surface area contributed by atoms with E-state index in [0.717, 1.165) is 0 Å². The molecule has 0 atom stereocenters. The number of rotatable bonds is 2. The van der Waals surface area contributed by atoms with Crippen molar-refractivity contribution in [1.82, 2.24) is 9.55 Å². The number of carboxylic acids is 1. The van der Waals surface area contributed by atoms with Gasteiger partial charge in [0.15, 0.2) is 0 Å². The van der Waals surface area contributed by atoms with Crippen LogP contribution in [0.15, 0.2) is 41.5 Å². The highest BCUT2D eigenvalue weighted by Crippen LogP contribution is 2.09. The van der Waals surface area contributed by atoms with Crippen molar-refractivity contribution in [3.63, 3.8) is 0 Å². The number of nitrogens with zero attached hydrogens (tertiary/aromatic N) is 2. The van der Waals surface area contributed by atoms with E-state index in [4.69, 9.17) is 5.11 Å². The van der Waals surface area contributed by atoms with Gasteiger partial charge < -0.3 is 5.11 Å². The van der Waals surface area contributed by atoms with Gasteiger partial charge in [-0.2, -0.15) is 0 Å². The summed E-state index contributed by atoms with van der Waals surface area (Å²) in [5.74, 6) is -1.07. The van der Waals surface area contributed by atoms with Crippen LogP contribution in [0.1, 0.15) is 16.1 Å². The number of carboxylic acid groups (broad SMARTS) is 1. The van der Waals surface area contributed by atoms with Crippen molar-refractivity contribution in [2.24, 2.45) is 0 Å². The Bertz CT molecular complexity index is 632. The van der Waals surface area contributed by atoms with Gasteiger partial charge in [0, 0.05) is 18.5 Å². The fourth-order valence-corrected chi connectivity index (χ4v) is 1.53. The summed E-state index contributed by atoms with van der Waals surface area (Å²) < 4.78 is 1.28. The number of pyridine rings is 2. The van der Waals surface area contributed by atoms with Crippen LogP contribution in [0.25, 0.3) is 5.69 Å². The van der Waals surface area contributed by atoms with Gasteiger partial charge in [0.1, 0.15) is 0 Å². The first kappa shape index (κ1) is 11.1. The average Bonchev–Trinajstić information content (AvgIpc) is 2.30. The smallest absolute Gasteiger partial charge is 0.337 e. The second-order valence-corrected chi connectivity index (χ2v) is 3.54. The van der Waals surface area contributed by atoms with E-state index in [1.807, 2.05) is 0 Å². The molecule has 86 valence electrons. The molecule has 2 rings (SSSR count). The molecule has 0 unspecified atom stereocenters. The maximum absolute atomic E-state index is 11.7. The molecule has 17 heavy (non-hydrogen) atoms. The van der Waals surface area contributed by atoms with Gasteiger partial charge in [-0.3, -0.25) is 14.3 Å². The summed E-state index contributed by atoms with van der Waals surface area (Å²) in [5.41, 5.74) is 1.02. The van der Waals surface area contributed by atoms with Crippen LogP contribution in [-0.2, 0) is 0 Å². The monoisotopic (exact) mass is 230 g/mol. The van der Waals surface area contributed by atoms with Gasteiger partial charge in [-0.05, 0) is 25.1 Å². The van der Waals surface area contributed by atoms with Gasteiger partial charge in [-0.25, -0.2) is 4.79 Å². The molecule has 0 bridgehead atoms. The summed E-state index contributed by atoms with van der Waals surface area (Å²) >= 11 is 0. The van der Waals surface area contributed by atoms with Gasteiger partial charge in [0.2, 0.25) is 0 Å². The normalized spacial score (nSPS) is 10.2. The van der Waals surface area contributed by atoms with E-state index in [9.17, 15) is 9.59 Å². The lowest BCUT2D eigenvalue weighted by molar-refractivity contribution is 0.0696.